The summed E-state index contributed by atoms with van der Waals surface area (Å²) in [7, 11) is 0. The monoisotopic (exact) mass is 336 g/mol. The normalized spacial score (nSPS) is 10.3. The molecule has 0 aromatic heterocycles. The molecule has 0 heterocycles. The van der Waals surface area contributed by atoms with Gasteiger partial charge in [0, 0.05) is 16.7 Å². The molecule has 0 spiro atoms. The largest absolute Gasteiger partial charge is 0.399 e. The van der Waals surface area contributed by atoms with Gasteiger partial charge in [0.1, 0.15) is 5.82 Å². The topological polar surface area (TPSA) is 55.1 Å². The number of nitrogens with one attached hydrogen (secondary N) is 1. The Balaban J connectivity index is 1.94. The Kier molecular flexibility index (Phi) is 4.74. The molecule has 2 aromatic rings. The lowest BCUT2D eigenvalue weighted by Crippen LogP contribution is -2.24. The van der Waals surface area contributed by atoms with E-state index >= 15 is 0 Å². The van der Waals surface area contributed by atoms with Crippen LogP contribution in [0.1, 0.15) is 11.1 Å². The number of rotatable bonds is 4. The fourth-order valence-electron chi connectivity index (χ4n) is 1.82. The van der Waals surface area contributed by atoms with E-state index in [1.165, 1.54) is 12.1 Å². The SMILES string of the molecule is Nc1cccc(CC(=O)NCc2cc(F)ccc2Br)c1. The number of halogens is 2. The van der Waals surface area contributed by atoms with Gasteiger partial charge in [0.15, 0.2) is 0 Å². The number of benzene rings is 2. The Bertz CT molecular complexity index is 631. The lowest BCUT2D eigenvalue weighted by Gasteiger charge is -2.08. The first kappa shape index (κ1) is 14.5. The fraction of sp³-hybridized carbons (Fsp3) is 0.133. The third kappa shape index (κ3) is 4.06. The second-order valence-electron chi connectivity index (χ2n) is 4.43. The lowest BCUT2D eigenvalue weighted by atomic mass is 10.1. The standard InChI is InChI=1S/C15H14BrFN2O/c16-14-5-4-12(17)8-11(14)9-19-15(20)7-10-2-1-3-13(18)6-10/h1-6,8H,7,9,18H2,(H,19,20). The van der Waals surface area contributed by atoms with Gasteiger partial charge < -0.3 is 11.1 Å². The first-order valence-electron chi connectivity index (χ1n) is 6.09. The molecule has 0 atom stereocenters. The highest BCUT2D eigenvalue weighted by Gasteiger charge is 2.06. The van der Waals surface area contributed by atoms with Crippen molar-refractivity contribution in [3.05, 3.63) is 63.9 Å². The van der Waals surface area contributed by atoms with Gasteiger partial charge in [0.2, 0.25) is 5.91 Å². The van der Waals surface area contributed by atoms with Crippen LogP contribution in [0.15, 0.2) is 46.9 Å². The Hall–Kier alpha value is -1.88. The molecule has 20 heavy (non-hydrogen) atoms. The van der Waals surface area contributed by atoms with E-state index in [4.69, 9.17) is 5.73 Å². The van der Waals surface area contributed by atoms with Crippen molar-refractivity contribution >= 4 is 27.5 Å². The van der Waals surface area contributed by atoms with Gasteiger partial charge in [0.05, 0.1) is 6.42 Å². The average molecular weight is 337 g/mol. The average Bonchev–Trinajstić information content (AvgIpc) is 2.40. The highest BCUT2D eigenvalue weighted by Crippen LogP contribution is 2.17. The summed E-state index contributed by atoms with van der Waals surface area (Å²) < 4.78 is 13.9. The van der Waals surface area contributed by atoms with Crippen LogP contribution in [-0.2, 0) is 17.8 Å². The molecule has 0 bridgehead atoms. The van der Waals surface area contributed by atoms with E-state index in [1.54, 1.807) is 24.3 Å². The zero-order chi connectivity index (χ0) is 14.5. The maximum absolute atomic E-state index is 13.1. The van der Waals surface area contributed by atoms with Crippen LogP contribution in [-0.4, -0.2) is 5.91 Å². The molecule has 0 aliphatic carbocycles. The Morgan fingerprint density at radius 3 is 2.80 bits per heavy atom. The number of nitrogen functional groups attached to an aromatic ring is 1. The molecule has 5 heteroatoms. The molecule has 0 saturated carbocycles. The highest BCUT2D eigenvalue weighted by molar-refractivity contribution is 9.10. The number of carbonyl (C=O) groups is 1. The fourth-order valence-corrected chi connectivity index (χ4v) is 2.21. The summed E-state index contributed by atoms with van der Waals surface area (Å²) in [5.74, 6) is -0.458. The van der Waals surface area contributed by atoms with Crippen molar-refractivity contribution in [1.29, 1.82) is 0 Å². The van der Waals surface area contributed by atoms with E-state index in [9.17, 15) is 9.18 Å². The molecular formula is C15H14BrFN2O. The van der Waals surface area contributed by atoms with Crippen molar-refractivity contribution in [2.75, 3.05) is 5.73 Å². The summed E-state index contributed by atoms with van der Waals surface area (Å²) in [6.45, 7) is 0.277. The first-order valence-corrected chi connectivity index (χ1v) is 6.89. The summed E-state index contributed by atoms with van der Waals surface area (Å²) in [6, 6.07) is 11.6. The molecule has 0 radical (unpaired) electrons. The molecule has 2 rings (SSSR count). The van der Waals surface area contributed by atoms with E-state index in [0.29, 0.717) is 11.3 Å². The van der Waals surface area contributed by atoms with Gasteiger partial charge in [-0.25, -0.2) is 4.39 Å². The van der Waals surface area contributed by atoms with Gasteiger partial charge in [-0.3, -0.25) is 4.79 Å². The highest BCUT2D eigenvalue weighted by atomic mass is 79.9. The van der Waals surface area contributed by atoms with E-state index in [2.05, 4.69) is 21.2 Å². The van der Waals surface area contributed by atoms with Crippen LogP contribution in [0.4, 0.5) is 10.1 Å². The maximum atomic E-state index is 13.1. The summed E-state index contributed by atoms with van der Waals surface area (Å²) in [6.07, 6.45) is 0.248. The van der Waals surface area contributed by atoms with Crippen LogP contribution in [0.5, 0.6) is 0 Å². The van der Waals surface area contributed by atoms with Crippen LogP contribution < -0.4 is 11.1 Å². The second kappa shape index (κ2) is 6.52. The number of hydrogen-bond acceptors (Lipinski definition) is 2. The quantitative estimate of drug-likeness (QED) is 0.843. The minimum Gasteiger partial charge on any atom is -0.399 e. The molecule has 2 aromatic carbocycles. The molecule has 3 nitrogen and oxygen atoms in total. The Labute approximate surface area is 125 Å². The maximum Gasteiger partial charge on any atom is 0.224 e. The van der Waals surface area contributed by atoms with Crippen molar-refractivity contribution in [3.8, 4) is 0 Å². The van der Waals surface area contributed by atoms with Crippen molar-refractivity contribution in [3.63, 3.8) is 0 Å². The van der Waals surface area contributed by atoms with E-state index in [1.807, 2.05) is 6.07 Å². The summed E-state index contributed by atoms with van der Waals surface area (Å²) >= 11 is 3.32. The molecule has 0 saturated heterocycles. The third-order valence-corrected chi connectivity index (χ3v) is 3.57. The molecule has 104 valence electrons. The third-order valence-electron chi connectivity index (χ3n) is 2.80. The van der Waals surface area contributed by atoms with Gasteiger partial charge in [0.25, 0.3) is 0 Å². The van der Waals surface area contributed by atoms with Crippen LogP contribution in [0.2, 0.25) is 0 Å². The summed E-state index contributed by atoms with van der Waals surface area (Å²) in [5, 5.41) is 2.76. The van der Waals surface area contributed by atoms with E-state index in [0.717, 1.165) is 10.0 Å². The second-order valence-corrected chi connectivity index (χ2v) is 5.29. The first-order chi connectivity index (χ1) is 9.54. The van der Waals surface area contributed by atoms with Gasteiger partial charge in [-0.1, -0.05) is 28.1 Å². The predicted molar refractivity (Wildman–Crippen MR) is 80.5 cm³/mol. The summed E-state index contributed by atoms with van der Waals surface area (Å²) in [5.41, 5.74) is 7.83. The zero-order valence-corrected chi connectivity index (χ0v) is 12.3. The number of nitrogens with two attached hydrogens (primary N) is 1. The van der Waals surface area contributed by atoms with Gasteiger partial charge in [-0.15, -0.1) is 0 Å². The molecule has 0 unspecified atom stereocenters. The van der Waals surface area contributed by atoms with Gasteiger partial charge >= 0.3 is 0 Å². The van der Waals surface area contributed by atoms with Crippen LogP contribution >= 0.6 is 15.9 Å². The lowest BCUT2D eigenvalue weighted by molar-refractivity contribution is -0.120. The number of hydrogen-bond donors (Lipinski definition) is 2. The van der Waals surface area contributed by atoms with Gasteiger partial charge in [-0.05, 0) is 41.5 Å². The minimum absolute atomic E-state index is 0.133. The Morgan fingerprint density at radius 2 is 2.05 bits per heavy atom. The molecule has 3 N–H and O–H groups in total. The summed E-state index contributed by atoms with van der Waals surface area (Å²) in [4.78, 5) is 11.8. The molecule has 0 aliphatic heterocycles. The number of anilines is 1. The Morgan fingerprint density at radius 1 is 1.25 bits per heavy atom. The van der Waals surface area contributed by atoms with Crippen molar-refractivity contribution in [1.82, 2.24) is 5.32 Å². The number of amides is 1. The predicted octanol–water partition coefficient (Wildman–Crippen LogP) is 3.03. The molecule has 1 amide bonds. The van der Waals surface area contributed by atoms with Crippen molar-refractivity contribution in [2.24, 2.45) is 0 Å². The number of carbonyl (C=O) groups excluding carboxylic acids is 1. The minimum atomic E-state index is -0.326. The molecular weight excluding hydrogens is 323 g/mol. The van der Waals surface area contributed by atoms with Crippen LogP contribution in [0, 0.1) is 5.82 Å². The zero-order valence-electron chi connectivity index (χ0n) is 10.7. The van der Waals surface area contributed by atoms with Crippen molar-refractivity contribution in [2.45, 2.75) is 13.0 Å². The van der Waals surface area contributed by atoms with Crippen LogP contribution in [0.3, 0.4) is 0 Å². The van der Waals surface area contributed by atoms with Crippen molar-refractivity contribution < 1.29 is 9.18 Å². The van der Waals surface area contributed by atoms with Crippen LogP contribution in [0.25, 0.3) is 0 Å². The molecule has 0 fully saturated rings. The molecule has 0 aliphatic rings. The van der Waals surface area contributed by atoms with Gasteiger partial charge in [-0.2, -0.15) is 0 Å². The smallest absolute Gasteiger partial charge is 0.224 e. The van der Waals surface area contributed by atoms with E-state index in [-0.39, 0.29) is 24.7 Å². The van der Waals surface area contributed by atoms with E-state index < -0.39 is 0 Å².